The van der Waals surface area contributed by atoms with Crippen LogP contribution in [0.1, 0.15) is 30.2 Å². The molecule has 0 aliphatic rings. The predicted octanol–water partition coefficient (Wildman–Crippen LogP) is 4.41. The molecule has 3 aromatic rings. The highest BCUT2D eigenvalue weighted by atomic mass is 16.5. The van der Waals surface area contributed by atoms with Gasteiger partial charge in [0.1, 0.15) is 11.4 Å². The number of aromatic nitrogens is 1. The van der Waals surface area contributed by atoms with Crippen LogP contribution >= 0.6 is 0 Å². The molecule has 1 heterocycles. The number of carbonyl (C=O) groups excluding carboxylic acids is 1. The minimum atomic E-state index is -0.129. The quantitative estimate of drug-likeness (QED) is 0.723. The summed E-state index contributed by atoms with van der Waals surface area (Å²) in [5, 5.41) is 7.82. The van der Waals surface area contributed by atoms with Gasteiger partial charge in [-0.3, -0.25) is 4.79 Å². The smallest absolute Gasteiger partial charge is 0.230 e. The fourth-order valence-corrected chi connectivity index (χ4v) is 2.58. The molecule has 25 heavy (non-hydrogen) atoms. The number of nitrogens with zero attached hydrogens (tertiary/aromatic N) is 1. The van der Waals surface area contributed by atoms with Crippen LogP contribution in [0.5, 0.6) is 5.75 Å². The van der Waals surface area contributed by atoms with Gasteiger partial charge in [0, 0.05) is 11.1 Å². The van der Waals surface area contributed by atoms with Crippen LogP contribution in [0.15, 0.2) is 40.9 Å². The van der Waals surface area contributed by atoms with E-state index in [4.69, 9.17) is 9.26 Å². The second-order valence-electron chi connectivity index (χ2n) is 6.16. The minimum absolute atomic E-state index is 0.129. The van der Waals surface area contributed by atoms with Gasteiger partial charge in [0.2, 0.25) is 5.91 Å². The van der Waals surface area contributed by atoms with Crippen molar-refractivity contribution in [2.45, 2.75) is 33.6 Å². The Bertz CT molecular complexity index is 882. The topological polar surface area (TPSA) is 64.4 Å². The van der Waals surface area contributed by atoms with Crippen molar-refractivity contribution in [3.63, 3.8) is 0 Å². The number of anilines is 1. The van der Waals surface area contributed by atoms with E-state index in [-0.39, 0.29) is 12.3 Å². The molecule has 1 aromatic heterocycles. The Labute approximate surface area is 147 Å². The number of aryl methyl sites for hydroxylation is 2. The largest absolute Gasteiger partial charge is 0.494 e. The molecule has 0 radical (unpaired) electrons. The molecule has 130 valence electrons. The zero-order chi connectivity index (χ0) is 17.8. The van der Waals surface area contributed by atoms with Gasteiger partial charge in [0.25, 0.3) is 0 Å². The van der Waals surface area contributed by atoms with Crippen molar-refractivity contribution in [1.82, 2.24) is 5.16 Å². The molecule has 0 unspecified atom stereocenters. The maximum absolute atomic E-state index is 12.3. The van der Waals surface area contributed by atoms with Gasteiger partial charge in [-0.15, -0.1) is 0 Å². The van der Waals surface area contributed by atoms with E-state index in [9.17, 15) is 4.79 Å². The Morgan fingerprint density at radius 1 is 1.16 bits per heavy atom. The number of rotatable bonds is 6. The highest BCUT2D eigenvalue weighted by Gasteiger charge is 2.14. The highest BCUT2D eigenvalue weighted by molar-refractivity contribution is 5.94. The summed E-state index contributed by atoms with van der Waals surface area (Å²) in [5.41, 5.74) is 4.39. The Morgan fingerprint density at radius 2 is 1.88 bits per heavy atom. The van der Waals surface area contributed by atoms with Crippen LogP contribution in [-0.4, -0.2) is 17.7 Å². The van der Waals surface area contributed by atoms with Crippen LogP contribution < -0.4 is 10.1 Å². The van der Waals surface area contributed by atoms with Gasteiger partial charge in [-0.05, 0) is 67.8 Å². The van der Waals surface area contributed by atoms with E-state index in [1.165, 1.54) is 0 Å². The SMILES string of the molecule is CCCOc1ccc(NC(=O)Cc2noc3cc(C)c(C)cc23)cc1. The summed E-state index contributed by atoms with van der Waals surface area (Å²) in [6.45, 7) is 6.81. The highest BCUT2D eigenvalue weighted by Crippen LogP contribution is 2.23. The summed E-state index contributed by atoms with van der Waals surface area (Å²) in [6.07, 6.45) is 1.13. The summed E-state index contributed by atoms with van der Waals surface area (Å²) in [4.78, 5) is 12.3. The van der Waals surface area contributed by atoms with Gasteiger partial charge in [0.05, 0.1) is 13.0 Å². The van der Waals surface area contributed by atoms with Crippen LogP contribution in [0.2, 0.25) is 0 Å². The van der Waals surface area contributed by atoms with E-state index < -0.39 is 0 Å². The van der Waals surface area contributed by atoms with E-state index in [0.29, 0.717) is 17.9 Å². The van der Waals surface area contributed by atoms with Crippen LogP contribution in [0.4, 0.5) is 5.69 Å². The molecule has 0 fully saturated rings. The van der Waals surface area contributed by atoms with Crippen molar-refractivity contribution < 1.29 is 14.1 Å². The fourth-order valence-electron chi connectivity index (χ4n) is 2.58. The standard InChI is InChI=1S/C20H22N2O3/c1-4-9-24-16-7-5-15(6-8-16)21-20(23)12-18-17-10-13(2)14(3)11-19(17)25-22-18/h5-8,10-11H,4,9,12H2,1-3H3,(H,21,23). The lowest BCUT2D eigenvalue weighted by Crippen LogP contribution is -2.14. The van der Waals surface area contributed by atoms with E-state index in [1.54, 1.807) is 0 Å². The molecule has 1 N–H and O–H groups in total. The molecule has 0 bridgehead atoms. The molecule has 0 atom stereocenters. The van der Waals surface area contributed by atoms with Gasteiger partial charge in [0.15, 0.2) is 5.58 Å². The van der Waals surface area contributed by atoms with Crippen molar-refractivity contribution in [3.05, 3.63) is 53.2 Å². The monoisotopic (exact) mass is 338 g/mol. The van der Waals surface area contributed by atoms with Gasteiger partial charge < -0.3 is 14.6 Å². The average Bonchev–Trinajstić information content (AvgIpc) is 2.96. The third-order valence-corrected chi connectivity index (χ3v) is 4.10. The molecule has 0 spiro atoms. The molecule has 0 aliphatic heterocycles. The number of carbonyl (C=O) groups is 1. The van der Waals surface area contributed by atoms with Crippen molar-refractivity contribution in [3.8, 4) is 5.75 Å². The number of amides is 1. The second kappa shape index (κ2) is 7.38. The Kier molecular flexibility index (Phi) is 5.03. The fraction of sp³-hybridized carbons (Fsp3) is 0.300. The molecule has 3 rings (SSSR count). The summed E-state index contributed by atoms with van der Waals surface area (Å²) in [6, 6.07) is 11.3. The minimum Gasteiger partial charge on any atom is -0.494 e. The van der Waals surface area contributed by atoms with Crippen LogP contribution in [0.3, 0.4) is 0 Å². The summed E-state index contributed by atoms with van der Waals surface area (Å²) in [7, 11) is 0. The second-order valence-corrected chi connectivity index (χ2v) is 6.16. The molecular formula is C20H22N2O3. The third-order valence-electron chi connectivity index (χ3n) is 4.10. The van der Waals surface area contributed by atoms with Crippen molar-refractivity contribution in [2.75, 3.05) is 11.9 Å². The van der Waals surface area contributed by atoms with E-state index >= 15 is 0 Å². The molecule has 0 saturated carbocycles. The van der Waals surface area contributed by atoms with Crippen LogP contribution in [-0.2, 0) is 11.2 Å². The number of fused-ring (bicyclic) bond motifs is 1. The Morgan fingerprint density at radius 3 is 2.60 bits per heavy atom. The van der Waals surface area contributed by atoms with Gasteiger partial charge in [-0.25, -0.2) is 0 Å². The summed E-state index contributed by atoms with van der Waals surface area (Å²) >= 11 is 0. The zero-order valence-electron chi connectivity index (χ0n) is 14.8. The van der Waals surface area contributed by atoms with Crippen LogP contribution in [0, 0.1) is 13.8 Å². The maximum Gasteiger partial charge on any atom is 0.230 e. The van der Waals surface area contributed by atoms with Crippen LogP contribution in [0.25, 0.3) is 11.0 Å². The average molecular weight is 338 g/mol. The normalized spacial score (nSPS) is 10.8. The Balaban J connectivity index is 1.67. The lowest BCUT2D eigenvalue weighted by molar-refractivity contribution is -0.115. The number of hydrogen-bond acceptors (Lipinski definition) is 4. The lowest BCUT2D eigenvalue weighted by atomic mass is 10.1. The van der Waals surface area contributed by atoms with Gasteiger partial charge in [-0.1, -0.05) is 12.1 Å². The first-order valence-corrected chi connectivity index (χ1v) is 8.45. The van der Waals surface area contributed by atoms with Crippen molar-refractivity contribution in [2.24, 2.45) is 0 Å². The molecule has 2 aromatic carbocycles. The first kappa shape index (κ1) is 17.0. The predicted molar refractivity (Wildman–Crippen MR) is 98.0 cm³/mol. The van der Waals surface area contributed by atoms with Gasteiger partial charge in [-0.2, -0.15) is 0 Å². The van der Waals surface area contributed by atoms with E-state index in [2.05, 4.69) is 17.4 Å². The first-order valence-electron chi connectivity index (χ1n) is 8.45. The van der Waals surface area contributed by atoms with Gasteiger partial charge >= 0.3 is 0 Å². The molecule has 0 aliphatic carbocycles. The number of hydrogen-bond donors (Lipinski definition) is 1. The maximum atomic E-state index is 12.3. The van der Waals surface area contributed by atoms with Crippen molar-refractivity contribution >= 4 is 22.6 Å². The van der Waals surface area contributed by atoms with E-state index in [1.807, 2.05) is 50.2 Å². The molecule has 0 saturated heterocycles. The number of nitrogens with one attached hydrogen (secondary N) is 1. The Hall–Kier alpha value is -2.82. The van der Waals surface area contributed by atoms with E-state index in [0.717, 1.165) is 34.4 Å². The summed E-state index contributed by atoms with van der Waals surface area (Å²) in [5.74, 6) is 0.670. The third kappa shape index (κ3) is 3.99. The van der Waals surface area contributed by atoms with Crippen molar-refractivity contribution in [1.29, 1.82) is 0 Å². The first-order chi connectivity index (χ1) is 12.1. The number of benzene rings is 2. The zero-order valence-corrected chi connectivity index (χ0v) is 14.8. The molecular weight excluding hydrogens is 316 g/mol. The molecule has 5 nitrogen and oxygen atoms in total. The number of ether oxygens (including phenoxy) is 1. The molecule has 1 amide bonds. The lowest BCUT2D eigenvalue weighted by Gasteiger charge is -2.07. The summed E-state index contributed by atoms with van der Waals surface area (Å²) < 4.78 is 10.9. The molecule has 5 heteroatoms.